The summed E-state index contributed by atoms with van der Waals surface area (Å²) in [5.74, 6) is -1.59. The summed E-state index contributed by atoms with van der Waals surface area (Å²) in [7, 11) is 2.80. The zero-order chi connectivity index (χ0) is 22.2. The summed E-state index contributed by atoms with van der Waals surface area (Å²) in [6, 6.07) is 0. The Hall–Kier alpha value is -3.12. The Morgan fingerprint density at radius 1 is 1.17 bits per heavy atom. The predicted octanol–water partition coefficient (Wildman–Crippen LogP) is -0.649. The number of carbonyl (C=O) groups excluding carboxylic acids is 2. The maximum Gasteiger partial charge on any atom is 0.405 e. The predicted molar refractivity (Wildman–Crippen MR) is 98.6 cm³/mol. The van der Waals surface area contributed by atoms with E-state index in [1.165, 1.54) is 34.5 Å². The van der Waals surface area contributed by atoms with Gasteiger partial charge >= 0.3 is 11.9 Å². The average molecular weight is 430 g/mol. The second kappa shape index (κ2) is 7.95. The first-order valence-electron chi connectivity index (χ1n) is 9.22. The molecule has 1 aliphatic rings. The van der Waals surface area contributed by atoms with Crippen molar-refractivity contribution in [2.24, 2.45) is 20.0 Å². The van der Waals surface area contributed by atoms with E-state index < -0.39 is 35.8 Å². The zero-order valence-corrected chi connectivity index (χ0v) is 16.4. The number of hydrogen-bond donors (Lipinski definition) is 1. The highest BCUT2D eigenvalue weighted by molar-refractivity contribution is 5.81. The monoisotopic (exact) mass is 430 g/mol. The highest BCUT2D eigenvalue weighted by atomic mass is 19.4. The molecule has 0 aromatic carbocycles. The molecule has 0 atom stereocenters. The maximum atomic E-state index is 12.6. The van der Waals surface area contributed by atoms with Crippen molar-refractivity contribution in [2.75, 3.05) is 19.6 Å². The largest absolute Gasteiger partial charge is 0.405 e. The van der Waals surface area contributed by atoms with Crippen LogP contribution in [0.2, 0.25) is 0 Å². The van der Waals surface area contributed by atoms with Crippen molar-refractivity contribution >= 4 is 23.0 Å². The number of aromatic nitrogens is 4. The van der Waals surface area contributed by atoms with Gasteiger partial charge < -0.3 is 14.8 Å². The van der Waals surface area contributed by atoms with Gasteiger partial charge in [-0.3, -0.25) is 23.5 Å². The van der Waals surface area contributed by atoms with Gasteiger partial charge in [-0.05, 0) is 12.8 Å². The number of alkyl halides is 3. The molecule has 0 bridgehead atoms. The Balaban J connectivity index is 1.65. The van der Waals surface area contributed by atoms with Gasteiger partial charge in [-0.2, -0.15) is 13.2 Å². The maximum absolute atomic E-state index is 12.6. The van der Waals surface area contributed by atoms with Crippen LogP contribution in [-0.4, -0.2) is 61.2 Å². The molecule has 10 nitrogen and oxygen atoms in total. The molecule has 3 heterocycles. The van der Waals surface area contributed by atoms with Crippen LogP contribution in [0.15, 0.2) is 15.9 Å². The van der Waals surface area contributed by atoms with E-state index in [0.717, 1.165) is 4.57 Å². The van der Waals surface area contributed by atoms with Crippen LogP contribution in [0.4, 0.5) is 13.2 Å². The minimum absolute atomic E-state index is 0.120. The van der Waals surface area contributed by atoms with Crippen LogP contribution in [-0.2, 0) is 30.2 Å². The SMILES string of the molecule is Cn1c(=O)c2c(ncn2CC(=O)N2CCC(C(=O)NCC(F)(F)F)CC2)n(C)c1=O. The lowest BCUT2D eigenvalue weighted by Crippen LogP contribution is -2.45. The quantitative estimate of drug-likeness (QED) is 0.693. The second-order valence-corrected chi connectivity index (χ2v) is 7.24. The first-order valence-corrected chi connectivity index (χ1v) is 9.22. The molecule has 164 valence electrons. The van der Waals surface area contributed by atoms with Gasteiger partial charge in [-0.1, -0.05) is 0 Å². The number of rotatable bonds is 4. The Bertz CT molecular complexity index is 1090. The van der Waals surface area contributed by atoms with Crippen molar-refractivity contribution in [2.45, 2.75) is 25.6 Å². The number of nitrogens with one attached hydrogen (secondary N) is 1. The van der Waals surface area contributed by atoms with Gasteiger partial charge in [0.15, 0.2) is 11.2 Å². The Kier molecular flexibility index (Phi) is 5.72. The van der Waals surface area contributed by atoms with Gasteiger partial charge in [-0.25, -0.2) is 9.78 Å². The van der Waals surface area contributed by atoms with Gasteiger partial charge in [0.2, 0.25) is 11.8 Å². The molecule has 1 saturated heterocycles. The van der Waals surface area contributed by atoms with E-state index in [-0.39, 0.29) is 49.5 Å². The fourth-order valence-electron chi connectivity index (χ4n) is 3.49. The van der Waals surface area contributed by atoms with Crippen molar-refractivity contribution in [1.29, 1.82) is 0 Å². The number of likely N-dealkylation sites (tertiary alicyclic amines) is 1. The molecule has 0 saturated carbocycles. The highest BCUT2D eigenvalue weighted by Crippen LogP contribution is 2.19. The molecule has 1 fully saturated rings. The van der Waals surface area contributed by atoms with Gasteiger partial charge in [0, 0.05) is 33.1 Å². The lowest BCUT2D eigenvalue weighted by molar-refractivity contribution is -0.143. The van der Waals surface area contributed by atoms with Gasteiger partial charge in [0.1, 0.15) is 13.1 Å². The molecule has 0 aliphatic carbocycles. The molecule has 2 aromatic heterocycles. The molecule has 1 aliphatic heterocycles. The van der Waals surface area contributed by atoms with E-state index in [4.69, 9.17) is 0 Å². The van der Waals surface area contributed by atoms with E-state index in [0.29, 0.717) is 0 Å². The Morgan fingerprint density at radius 3 is 2.40 bits per heavy atom. The summed E-state index contributed by atoms with van der Waals surface area (Å²) in [6.07, 6.45) is -2.67. The van der Waals surface area contributed by atoms with Crippen molar-refractivity contribution in [3.63, 3.8) is 0 Å². The smallest absolute Gasteiger partial charge is 0.347 e. The van der Waals surface area contributed by atoms with Gasteiger partial charge in [0.05, 0.1) is 6.33 Å². The summed E-state index contributed by atoms with van der Waals surface area (Å²) < 4.78 is 40.2. The second-order valence-electron chi connectivity index (χ2n) is 7.24. The number of hydrogen-bond acceptors (Lipinski definition) is 5. The van der Waals surface area contributed by atoms with Crippen LogP contribution in [0.5, 0.6) is 0 Å². The molecule has 3 rings (SSSR count). The van der Waals surface area contributed by atoms with Crippen molar-refractivity contribution in [3.8, 4) is 0 Å². The number of nitrogens with zero attached hydrogens (tertiary/aromatic N) is 5. The lowest BCUT2D eigenvalue weighted by Gasteiger charge is -2.31. The van der Waals surface area contributed by atoms with Crippen LogP contribution < -0.4 is 16.6 Å². The first-order chi connectivity index (χ1) is 14.0. The summed E-state index contributed by atoms with van der Waals surface area (Å²) in [4.78, 5) is 54.5. The van der Waals surface area contributed by atoms with Gasteiger partial charge in [-0.15, -0.1) is 0 Å². The summed E-state index contributed by atoms with van der Waals surface area (Å²) in [5.41, 5.74) is -0.821. The fourth-order valence-corrected chi connectivity index (χ4v) is 3.49. The average Bonchev–Trinajstić information content (AvgIpc) is 3.12. The number of aryl methyl sites for hydroxylation is 1. The fraction of sp³-hybridized carbons (Fsp3) is 0.588. The summed E-state index contributed by atoms with van der Waals surface area (Å²) in [5, 5.41) is 1.87. The highest BCUT2D eigenvalue weighted by Gasteiger charge is 2.32. The van der Waals surface area contributed by atoms with Crippen LogP contribution in [0.3, 0.4) is 0 Å². The van der Waals surface area contributed by atoms with Crippen LogP contribution in [0.25, 0.3) is 11.2 Å². The molecule has 0 radical (unpaired) electrons. The van der Waals surface area contributed by atoms with Crippen molar-refractivity contribution in [1.82, 2.24) is 28.9 Å². The van der Waals surface area contributed by atoms with E-state index in [1.54, 1.807) is 0 Å². The summed E-state index contributed by atoms with van der Waals surface area (Å²) >= 11 is 0. The minimum atomic E-state index is -4.47. The van der Waals surface area contributed by atoms with Crippen molar-refractivity contribution in [3.05, 3.63) is 27.2 Å². The van der Waals surface area contributed by atoms with Crippen molar-refractivity contribution < 1.29 is 22.8 Å². The Morgan fingerprint density at radius 2 is 1.80 bits per heavy atom. The third-order valence-corrected chi connectivity index (χ3v) is 5.20. The third kappa shape index (κ3) is 4.24. The number of carbonyl (C=O) groups is 2. The van der Waals surface area contributed by atoms with E-state index in [1.807, 2.05) is 5.32 Å². The summed E-state index contributed by atoms with van der Waals surface area (Å²) in [6.45, 7) is -1.14. The standard InChI is InChI=1S/C17H21F3N6O4/c1-23-13-12(15(29)24(2)16(23)30)26(9-22-13)7-11(27)25-5-3-10(4-6-25)14(28)21-8-17(18,19)20/h9-10H,3-8H2,1-2H3,(H,21,28). The molecule has 0 spiro atoms. The topological polar surface area (TPSA) is 111 Å². The Labute approximate surface area is 167 Å². The van der Waals surface area contributed by atoms with Gasteiger partial charge in [0.25, 0.3) is 5.56 Å². The molecule has 1 N–H and O–H groups in total. The molecular weight excluding hydrogens is 409 g/mol. The number of amides is 2. The molecule has 30 heavy (non-hydrogen) atoms. The number of imidazole rings is 1. The lowest BCUT2D eigenvalue weighted by atomic mass is 9.96. The number of fused-ring (bicyclic) bond motifs is 1. The molecule has 0 unspecified atom stereocenters. The first kappa shape index (κ1) is 21.6. The molecule has 2 aromatic rings. The molecular formula is C17H21F3N6O4. The number of halogens is 3. The van der Waals surface area contributed by atoms with E-state index >= 15 is 0 Å². The third-order valence-electron chi connectivity index (χ3n) is 5.20. The zero-order valence-electron chi connectivity index (χ0n) is 16.4. The van der Waals surface area contributed by atoms with E-state index in [9.17, 15) is 32.3 Å². The normalized spacial score (nSPS) is 15.6. The van der Waals surface area contributed by atoms with Crippen LogP contribution in [0, 0.1) is 5.92 Å². The minimum Gasteiger partial charge on any atom is -0.347 e. The van der Waals surface area contributed by atoms with Crippen LogP contribution >= 0.6 is 0 Å². The molecule has 13 heteroatoms. The van der Waals surface area contributed by atoms with Crippen LogP contribution in [0.1, 0.15) is 12.8 Å². The number of piperidine rings is 1. The van der Waals surface area contributed by atoms with E-state index in [2.05, 4.69) is 4.98 Å². The molecule has 2 amide bonds.